The summed E-state index contributed by atoms with van der Waals surface area (Å²) >= 11 is 0. The Morgan fingerprint density at radius 2 is 0.863 bits per heavy atom. The third-order valence-corrected chi connectivity index (χ3v) is 36.6. The molecule has 4 unspecified atom stereocenters. The molecule has 0 saturated carbocycles. The van der Waals surface area contributed by atoms with E-state index >= 15 is 0 Å². The number of methoxy groups -OCH3 is 2. The molecule has 0 aliphatic heterocycles. The zero-order valence-corrected chi connectivity index (χ0v) is 74.0. The number of rotatable bonds is 39. The lowest BCUT2D eigenvalue weighted by Gasteiger charge is -2.44. The van der Waals surface area contributed by atoms with Gasteiger partial charge in [0.2, 0.25) is 0 Å². The van der Waals surface area contributed by atoms with E-state index in [9.17, 15) is 4.79 Å². The highest BCUT2D eigenvalue weighted by Gasteiger charge is 2.49. The van der Waals surface area contributed by atoms with Crippen LogP contribution in [0.4, 0.5) is 0 Å². The molecule has 0 aliphatic carbocycles. The van der Waals surface area contributed by atoms with E-state index in [1.54, 1.807) is 20.3 Å². The van der Waals surface area contributed by atoms with Crippen LogP contribution < -0.4 is 45.5 Å². The zero-order valence-electron chi connectivity index (χ0n) is 68.9. The summed E-state index contributed by atoms with van der Waals surface area (Å²) in [7, 11) is -2.63. The van der Waals surface area contributed by atoms with Gasteiger partial charge in [-0.05, 0) is 177 Å². The van der Waals surface area contributed by atoms with Crippen LogP contribution >= 0.6 is 7.26 Å². The first kappa shape index (κ1) is 92.4. The van der Waals surface area contributed by atoms with Gasteiger partial charge >= 0.3 is 5.63 Å². The van der Waals surface area contributed by atoms with Crippen molar-refractivity contribution in [2.24, 2.45) is 71.0 Å². The van der Waals surface area contributed by atoms with E-state index in [0.717, 1.165) is 42.8 Å². The summed E-state index contributed by atoms with van der Waals surface area (Å²) in [5.41, 5.74) is 4.00. The Bertz CT molecular complexity index is 3290. The Kier molecular flexibility index (Phi) is 39.7. The second-order valence-corrected chi connectivity index (χ2v) is 46.5. The first-order valence-electron chi connectivity index (χ1n) is 38.4. The lowest BCUT2D eigenvalue weighted by molar-refractivity contribution is -0.0981. The molecule has 0 bridgehead atoms. The minimum Gasteiger partial charge on any atom is -1.00 e. The summed E-state index contributed by atoms with van der Waals surface area (Å²) in [4.78, 5) is 11.7. The number of ether oxygens (including phenoxy) is 4. The Morgan fingerprint density at radius 1 is 0.480 bits per heavy atom. The van der Waals surface area contributed by atoms with Crippen molar-refractivity contribution in [3.05, 3.63) is 191 Å². The molecule has 16 atom stereocenters. The van der Waals surface area contributed by atoms with Crippen LogP contribution in [0.2, 0.25) is 36.3 Å². The first-order valence-corrected chi connectivity index (χ1v) is 46.2. The van der Waals surface area contributed by atoms with E-state index in [1.165, 1.54) is 33.1 Å². The normalized spacial score (nSPS) is 18.0. The first-order chi connectivity index (χ1) is 47.4. The number of hydrogen-bond donors (Lipinski definition) is 0. The highest BCUT2D eigenvalue weighted by atomic mass is 127. The Hall–Kier alpha value is -3.86. The number of hydrogen-bond acceptors (Lipinski definition) is 8. The summed E-state index contributed by atoms with van der Waals surface area (Å²) in [5.74, 6) is 4.37. The van der Waals surface area contributed by atoms with Gasteiger partial charge in [0.15, 0.2) is 16.6 Å². The Morgan fingerprint density at radius 3 is 1.25 bits per heavy atom. The van der Waals surface area contributed by atoms with Crippen molar-refractivity contribution in [1.82, 2.24) is 0 Å². The molecule has 0 N–H and O–H groups in total. The minimum atomic E-state index is -2.03. The SMILES string of the molecule is CC/C=C\C(C)[C@H](C)[C@@H](C)[C@H](O[Si](C)(C)C(C)(C)C)[C@@H](C)C/C(C)=C\[C@H](C)[C@@H](OCOC)C(C)/C=C\c1ccc2ccc(=O)oc2c1.CC/C=C\C(C)[C@H](C)[C@@H](C)[C@H](O[Si](C)(C)C(C)(C)C)[C@@H](C)C/C(C)=C\[C@H](C)[C@@H](OCOC)C(C)C[P+](c1ccccc1)(c1ccccc1)c1ccccc1.[I-]. The third-order valence-electron chi connectivity index (χ3n) is 22.9. The number of benzene rings is 4. The van der Waals surface area contributed by atoms with Crippen molar-refractivity contribution in [2.45, 2.75) is 239 Å². The van der Waals surface area contributed by atoms with Crippen molar-refractivity contribution in [3.63, 3.8) is 0 Å². The van der Waals surface area contributed by atoms with Crippen LogP contribution in [0.25, 0.3) is 17.0 Å². The molecule has 1 heterocycles. The maximum atomic E-state index is 11.7. The molecule has 5 rings (SSSR count). The van der Waals surface area contributed by atoms with Gasteiger partial charge in [0, 0.05) is 49.3 Å². The summed E-state index contributed by atoms with van der Waals surface area (Å²) in [5, 5.41) is 5.43. The molecule has 1 aromatic heterocycles. The fourth-order valence-electron chi connectivity index (χ4n) is 14.4. The van der Waals surface area contributed by atoms with Gasteiger partial charge in [-0.15, -0.1) is 0 Å². The second-order valence-electron chi connectivity index (χ2n) is 33.4. The largest absolute Gasteiger partial charge is 1.00 e. The molecule has 0 saturated heterocycles. The minimum absolute atomic E-state index is 0. The van der Waals surface area contributed by atoms with Crippen molar-refractivity contribution in [2.75, 3.05) is 34.0 Å². The Balaban J connectivity index is 0.000000530. The summed E-state index contributed by atoms with van der Waals surface area (Å²) in [6, 6.07) is 42.8. The fourth-order valence-corrected chi connectivity index (χ4v) is 22.0. The van der Waals surface area contributed by atoms with Crippen LogP contribution in [0.5, 0.6) is 0 Å². The smallest absolute Gasteiger partial charge is 0.336 e. The van der Waals surface area contributed by atoms with Gasteiger partial charge in [0.05, 0.1) is 30.6 Å². The summed E-state index contributed by atoms with van der Waals surface area (Å²) < 4.78 is 43.9. The van der Waals surface area contributed by atoms with Crippen molar-refractivity contribution in [3.8, 4) is 0 Å². The lowest BCUT2D eigenvalue weighted by Crippen LogP contribution is -3.00. The molecule has 0 aliphatic rings. The molecule has 12 heteroatoms. The number of allylic oxidation sites excluding steroid dienone is 6. The molecule has 8 nitrogen and oxygen atoms in total. The molecule has 0 amide bonds. The van der Waals surface area contributed by atoms with E-state index in [-0.39, 0.29) is 101 Å². The highest BCUT2D eigenvalue weighted by Crippen LogP contribution is 2.57. The molecule has 0 radical (unpaired) electrons. The van der Waals surface area contributed by atoms with Crippen LogP contribution in [-0.4, -0.2) is 75.0 Å². The molecular weight excluding hydrogens is 1420 g/mol. The second kappa shape index (κ2) is 43.8. The molecular formula is C90H142IO8PSi2. The van der Waals surface area contributed by atoms with E-state index < -0.39 is 23.9 Å². The van der Waals surface area contributed by atoms with E-state index in [4.69, 9.17) is 32.2 Å². The van der Waals surface area contributed by atoms with Gasteiger partial charge in [-0.3, -0.25) is 0 Å². The van der Waals surface area contributed by atoms with Gasteiger partial charge in [-0.25, -0.2) is 4.79 Å². The van der Waals surface area contributed by atoms with Gasteiger partial charge in [-0.1, -0.05) is 265 Å². The van der Waals surface area contributed by atoms with Crippen molar-refractivity contribution >= 4 is 56.9 Å². The standard InChI is InChI=1S/C49H76O3PSi.C41H66O5Si.HI/c1-15-16-26-38(3)42(7)43(8)48(52-54(13,14)49(9,10)11)40(5)34-37(2)33-39(4)47(51-36-50-12)41(6)35-53(44-27-20-17-21-28-44,45-29-22-18-23-30-45)46-31-24-19-25-32-46;1-15-16-17-29(3)33(7)34(8)40(46-47(13,14)41(9,10)11)32(6)25-28(2)24-31(5)39(44-27-43-12)30(4)18-19-35-20-21-36-22-23-38(42)45-37(36)26-35;/h16-33,38-43,47-48H,15,34-36H2,1-14H3;16-24,26,29-34,39-40H,15,25,27H2,1-14H3;1H/q+1;;/p-1/b26-16-,37-33-;17-16-,19-18-,28-24-;/t38?,39-,40-,41?,42-,43+,47+,48+;29?,30?,31-,32-,33-,34+,39-,40+;/m00./s1. The van der Waals surface area contributed by atoms with Gasteiger partial charge < -0.3 is 56.2 Å². The van der Waals surface area contributed by atoms with Crippen LogP contribution in [-0.2, 0) is 27.8 Å². The fraction of sp³-hybridized carbons (Fsp3) is 0.589. The predicted molar refractivity (Wildman–Crippen MR) is 445 cm³/mol. The Labute approximate surface area is 643 Å². The summed E-state index contributed by atoms with van der Waals surface area (Å²) in [6.45, 7) is 61.6. The van der Waals surface area contributed by atoms with Crippen LogP contribution in [0, 0.1) is 71.0 Å². The molecule has 4 aromatic carbocycles. The van der Waals surface area contributed by atoms with Crippen LogP contribution in [0.15, 0.2) is 184 Å². The highest BCUT2D eigenvalue weighted by molar-refractivity contribution is 7.95. The summed E-state index contributed by atoms with van der Waals surface area (Å²) in [6.07, 6.45) is 23.9. The molecule has 5 aromatic rings. The average molecular weight is 1570 g/mol. The van der Waals surface area contributed by atoms with E-state index in [1.807, 2.05) is 18.2 Å². The van der Waals surface area contributed by atoms with Gasteiger partial charge in [0.1, 0.15) is 42.3 Å². The van der Waals surface area contributed by atoms with Crippen molar-refractivity contribution in [1.29, 1.82) is 0 Å². The van der Waals surface area contributed by atoms with Crippen LogP contribution in [0.3, 0.4) is 0 Å². The molecule has 570 valence electrons. The van der Waals surface area contributed by atoms with Gasteiger partial charge in [0.25, 0.3) is 0 Å². The predicted octanol–water partition coefficient (Wildman–Crippen LogP) is 20.8. The van der Waals surface area contributed by atoms with Crippen LogP contribution in [0.1, 0.15) is 184 Å². The number of halogens is 1. The monoisotopic (exact) mass is 1560 g/mol. The number of fused-ring (bicyclic) bond motifs is 1. The van der Waals surface area contributed by atoms with E-state index in [0.29, 0.717) is 52.9 Å². The average Bonchev–Trinajstić information content (AvgIpc) is 0.751. The third kappa shape index (κ3) is 27.4. The molecule has 0 spiro atoms. The van der Waals surface area contributed by atoms with Crippen molar-refractivity contribution < 1.29 is 56.2 Å². The van der Waals surface area contributed by atoms with Gasteiger partial charge in [-0.2, -0.15) is 0 Å². The maximum absolute atomic E-state index is 11.7. The molecule has 102 heavy (non-hydrogen) atoms. The van der Waals surface area contributed by atoms with E-state index in [2.05, 4.69) is 318 Å². The molecule has 0 fully saturated rings. The zero-order chi connectivity index (χ0) is 75.6. The quantitative estimate of drug-likeness (QED) is 0.00961. The topological polar surface area (TPSA) is 85.6 Å². The maximum Gasteiger partial charge on any atom is 0.336 e. The lowest BCUT2D eigenvalue weighted by atomic mass is 9.77.